The fourth-order valence-electron chi connectivity index (χ4n) is 2.31. The van der Waals surface area contributed by atoms with Crippen LogP contribution in [0.2, 0.25) is 5.15 Å². The molecule has 0 saturated heterocycles. The van der Waals surface area contributed by atoms with Gasteiger partial charge in [0.25, 0.3) is 0 Å². The van der Waals surface area contributed by atoms with Crippen LogP contribution in [-0.2, 0) is 6.42 Å². The maximum atomic E-state index is 6.03. The topological polar surface area (TPSA) is 65.7 Å². The molecule has 0 saturated carbocycles. The van der Waals surface area contributed by atoms with Crippen LogP contribution in [0, 0.1) is 13.8 Å². The molecular formula is C16H16ClN5O. The summed E-state index contributed by atoms with van der Waals surface area (Å²) in [5.41, 5.74) is 1.11. The maximum absolute atomic E-state index is 6.03. The number of benzene rings is 1. The lowest BCUT2D eigenvalue weighted by Crippen LogP contribution is -2.07. The molecule has 0 fully saturated rings. The minimum atomic E-state index is 0.385. The van der Waals surface area contributed by atoms with Crippen LogP contribution in [0.3, 0.4) is 0 Å². The first-order valence-electron chi connectivity index (χ1n) is 7.12. The molecule has 2 aromatic heterocycles. The average molecular weight is 330 g/mol. The second-order valence-electron chi connectivity index (χ2n) is 5.11. The maximum Gasteiger partial charge on any atom is 0.160 e. The number of hydrogen-bond acceptors (Lipinski definition) is 5. The monoisotopic (exact) mass is 329 g/mol. The van der Waals surface area contributed by atoms with E-state index in [1.165, 1.54) is 0 Å². The molecule has 118 valence electrons. The molecule has 0 amide bonds. The zero-order chi connectivity index (χ0) is 16.4. The lowest BCUT2D eigenvalue weighted by Gasteiger charge is -2.07. The van der Waals surface area contributed by atoms with Crippen molar-refractivity contribution in [2.75, 3.05) is 7.11 Å². The van der Waals surface area contributed by atoms with Crippen molar-refractivity contribution in [3.05, 3.63) is 58.5 Å². The highest BCUT2D eigenvalue weighted by atomic mass is 35.5. The quantitative estimate of drug-likeness (QED) is 0.688. The smallest absolute Gasteiger partial charge is 0.160 e. The molecule has 0 radical (unpaired) electrons. The van der Waals surface area contributed by atoms with Gasteiger partial charge in [0.05, 0.1) is 7.11 Å². The Bertz CT molecular complexity index is 809. The van der Waals surface area contributed by atoms with Gasteiger partial charge in [-0.2, -0.15) is 4.68 Å². The summed E-state index contributed by atoms with van der Waals surface area (Å²) >= 11 is 6.03. The number of nitrogens with zero attached hydrogens (tertiary/aromatic N) is 5. The van der Waals surface area contributed by atoms with Crippen LogP contribution in [0.5, 0.6) is 5.75 Å². The second-order valence-corrected chi connectivity index (χ2v) is 5.50. The minimum Gasteiger partial charge on any atom is -0.497 e. The summed E-state index contributed by atoms with van der Waals surface area (Å²) in [5.74, 6) is 3.51. The van der Waals surface area contributed by atoms with E-state index < -0.39 is 0 Å². The molecule has 0 unspecified atom stereocenters. The van der Waals surface area contributed by atoms with E-state index in [0.717, 1.165) is 17.1 Å². The van der Waals surface area contributed by atoms with Crippen LogP contribution in [0.4, 0.5) is 0 Å². The Balaban J connectivity index is 1.96. The molecule has 0 atom stereocenters. The van der Waals surface area contributed by atoms with Crippen LogP contribution in [-0.4, -0.2) is 31.8 Å². The molecule has 3 rings (SSSR count). The van der Waals surface area contributed by atoms with Gasteiger partial charge in [-0.1, -0.05) is 23.7 Å². The van der Waals surface area contributed by atoms with Crippen molar-refractivity contribution in [3.63, 3.8) is 0 Å². The van der Waals surface area contributed by atoms with Crippen molar-refractivity contribution in [1.29, 1.82) is 0 Å². The van der Waals surface area contributed by atoms with Crippen LogP contribution >= 0.6 is 11.6 Å². The van der Waals surface area contributed by atoms with Gasteiger partial charge in [-0.3, -0.25) is 0 Å². The Morgan fingerprint density at radius 1 is 1.04 bits per heavy atom. The molecular weight excluding hydrogens is 314 g/mol. The van der Waals surface area contributed by atoms with Gasteiger partial charge in [0.15, 0.2) is 5.82 Å². The van der Waals surface area contributed by atoms with Gasteiger partial charge in [-0.15, -0.1) is 5.10 Å². The normalized spacial score (nSPS) is 10.8. The van der Waals surface area contributed by atoms with Gasteiger partial charge in [-0.25, -0.2) is 15.0 Å². The van der Waals surface area contributed by atoms with E-state index in [0.29, 0.717) is 29.0 Å². The highest BCUT2D eigenvalue weighted by molar-refractivity contribution is 6.29. The second kappa shape index (κ2) is 6.34. The molecule has 0 spiro atoms. The first-order chi connectivity index (χ1) is 11.0. The molecule has 1 aromatic carbocycles. The Kier molecular flexibility index (Phi) is 4.25. The Morgan fingerprint density at radius 3 is 2.43 bits per heavy atom. The number of aryl methyl sites for hydroxylation is 2. The summed E-state index contributed by atoms with van der Waals surface area (Å²) in [6, 6.07) is 9.54. The van der Waals surface area contributed by atoms with E-state index in [2.05, 4.69) is 20.1 Å². The number of hydrogen-bond donors (Lipinski definition) is 0. The van der Waals surface area contributed by atoms with E-state index in [1.54, 1.807) is 24.8 Å². The molecule has 0 bridgehead atoms. The SMILES string of the molecule is COc1ccc(Cc2nc(C)nn2-c2cc(Cl)nc(C)n2)cc1. The summed E-state index contributed by atoms with van der Waals surface area (Å²) in [6.07, 6.45) is 0.630. The predicted molar refractivity (Wildman–Crippen MR) is 87.2 cm³/mol. The third-order valence-electron chi connectivity index (χ3n) is 3.31. The van der Waals surface area contributed by atoms with E-state index >= 15 is 0 Å². The highest BCUT2D eigenvalue weighted by Crippen LogP contribution is 2.17. The van der Waals surface area contributed by atoms with Crippen molar-refractivity contribution in [3.8, 4) is 11.6 Å². The Hall–Kier alpha value is -2.47. The fraction of sp³-hybridized carbons (Fsp3) is 0.250. The third-order valence-corrected chi connectivity index (χ3v) is 3.51. The zero-order valence-electron chi connectivity index (χ0n) is 13.1. The largest absolute Gasteiger partial charge is 0.497 e. The Labute approximate surface area is 139 Å². The molecule has 23 heavy (non-hydrogen) atoms. The molecule has 0 aliphatic heterocycles. The summed E-state index contributed by atoms with van der Waals surface area (Å²) < 4.78 is 6.89. The predicted octanol–water partition coefficient (Wildman–Crippen LogP) is 2.93. The van der Waals surface area contributed by atoms with Gasteiger partial charge in [0.2, 0.25) is 0 Å². The minimum absolute atomic E-state index is 0.385. The lowest BCUT2D eigenvalue weighted by atomic mass is 10.1. The van der Waals surface area contributed by atoms with E-state index in [-0.39, 0.29) is 0 Å². The van der Waals surface area contributed by atoms with Gasteiger partial charge < -0.3 is 4.74 Å². The van der Waals surface area contributed by atoms with Gasteiger partial charge in [0.1, 0.15) is 28.4 Å². The van der Waals surface area contributed by atoms with E-state index in [4.69, 9.17) is 16.3 Å². The molecule has 7 heteroatoms. The molecule has 0 aliphatic carbocycles. The van der Waals surface area contributed by atoms with Crippen molar-refractivity contribution in [2.45, 2.75) is 20.3 Å². The van der Waals surface area contributed by atoms with Crippen LogP contribution in [0.1, 0.15) is 23.0 Å². The van der Waals surface area contributed by atoms with Crippen LogP contribution < -0.4 is 4.74 Å². The van der Waals surface area contributed by atoms with Crippen molar-refractivity contribution in [2.24, 2.45) is 0 Å². The summed E-state index contributed by atoms with van der Waals surface area (Å²) in [5, 5.41) is 4.81. The number of rotatable bonds is 4. The fourth-order valence-corrected chi connectivity index (χ4v) is 2.53. The van der Waals surface area contributed by atoms with Crippen molar-refractivity contribution >= 4 is 11.6 Å². The van der Waals surface area contributed by atoms with Gasteiger partial charge in [0, 0.05) is 12.5 Å². The standard InChI is InChI=1S/C16H16ClN5O/c1-10-18-14(17)9-16(19-10)22-15(20-11(2)21-22)8-12-4-6-13(23-3)7-5-12/h4-7,9H,8H2,1-3H3. The first kappa shape index (κ1) is 15.4. The van der Waals surface area contributed by atoms with E-state index in [9.17, 15) is 0 Å². The molecule has 0 aliphatic rings. The summed E-state index contributed by atoms with van der Waals surface area (Å²) in [4.78, 5) is 13.0. The van der Waals surface area contributed by atoms with Crippen molar-refractivity contribution < 1.29 is 4.74 Å². The third kappa shape index (κ3) is 3.48. The van der Waals surface area contributed by atoms with Crippen LogP contribution in [0.15, 0.2) is 30.3 Å². The first-order valence-corrected chi connectivity index (χ1v) is 7.50. The number of aromatic nitrogens is 5. The number of methoxy groups -OCH3 is 1. The van der Waals surface area contributed by atoms with Gasteiger partial charge in [-0.05, 0) is 31.5 Å². The summed E-state index contributed by atoms with van der Waals surface area (Å²) in [6.45, 7) is 3.64. The molecule has 3 aromatic rings. The molecule has 0 N–H and O–H groups in total. The van der Waals surface area contributed by atoms with Gasteiger partial charge >= 0.3 is 0 Å². The molecule has 6 nitrogen and oxygen atoms in total. The highest BCUT2D eigenvalue weighted by Gasteiger charge is 2.13. The zero-order valence-corrected chi connectivity index (χ0v) is 13.9. The Morgan fingerprint density at radius 2 is 1.78 bits per heavy atom. The number of ether oxygens (including phenoxy) is 1. The summed E-state index contributed by atoms with van der Waals surface area (Å²) in [7, 11) is 1.65. The van der Waals surface area contributed by atoms with Crippen LogP contribution in [0.25, 0.3) is 5.82 Å². The van der Waals surface area contributed by atoms with E-state index in [1.807, 2.05) is 31.2 Å². The number of halogens is 1. The average Bonchev–Trinajstić information content (AvgIpc) is 2.88. The van der Waals surface area contributed by atoms with Crippen molar-refractivity contribution in [1.82, 2.24) is 24.7 Å². The lowest BCUT2D eigenvalue weighted by molar-refractivity contribution is 0.414. The molecule has 2 heterocycles.